The summed E-state index contributed by atoms with van der Waals surface area (Å²) in [5.41, 5.74) is 10.4. The van der Waals surface area contributed by atoms with Crippen LogP contribution in [0, 0.1) is 71.0 Å². The van der Waals surface area contributed by atoms with Gasteiger partial charge in [-0.1, -0.05) is 108 Å². The van der Waals surface area contributed by atoms with Gasteiger partial charge in [-0.15, -0.1) is 0 Å². The Bertz CT molecular complexity index is 4410. The van der Waals surface area contributed by atoms with Gasteiger partial charge in [0.05, 0.1) is 0 Å². The molecule has 0 N–H and O–H groups in total. The Morgan fingerprint density at radius 1 is 0.198 bits per heavy atom. The number of ether oxygens (including phenoxy) is 6. The molecule has 0 radical (unpaired) electrons. The summed E-state index contributed by atoms with van der Waals surface area (Å²) in [7, 11) is 0. The van der Waals surface area contributed by atoms with Crippen LogP contribution in [0.4, 0.5) is 0 Å². The lowest BCUT2D eigenvalue weighted by molar-refractivity contribution is 0.124. The molecule has 0 aromatic heterocycles. The predicted molar refractivity (Wildman–Crippen MR) is 320 cm³/mol. The first kappa shape index (κ1) is 45.5. The van der Waals surface area contributed by atoms with Crippen LogP contribution in [0.15, 0.2) is 182 Å². The average molecular weight is 1030 g/mol. The molecule has 0 fully saturated rings. The van der Waals surface area contributed by atoms with Crippen LogP contribution in [-0.4, -0.2) is 20.4 Å². The first-order valence-electron chi connectivity index (χ1n) is 26.3. The van der Waals surface area contributed by atoms with E-state index >= 15 is 0 Å². The summed E-state index contributed by atoms with van der Waals surface area (Å²) in [5, 5.41) is 12.1. The fraction of sp³-hybridized carbons (Fsp3) is 0.0400. The number of benzene rings is 12. The quantitative estimate of drug-likeness (QED) is 0.141. The van der Waals surface area contributed by atoms with Crippen molar-refractivity contribution >= 4 is 64.6 Å². The third-order valence-electron chi connectivity index (χ3n) is 15.4. The van der Waals surface area contributed by atoms with Crippen molar-refractivity contribution < 1.29 is 28.4 Å². The monoisotopic (exact) mass is 1030 g/mol. The highest BCUT2D eigenvalue weighted by Crippen LogP contribution is 2.50. The average Bonchev–Trinajstić information content (AvgIpc) is 4.08. The van der Waals surface area contributed by atoms with Crippen molar-refractivity contribution in [2.24, 2.45) is 0 Å². The van der Waals surface area contributed by atoms with E-state index in [-0.39, 0.29) is 20.4 Å². The summed E-state index contributed by atoms with van der Waals surface area (Å²) in [6.45, 7) is 0.198. The maximum Gasteiger partial charge on any atom is 0.230 e. The number of hydrogen-bond acceptors (Lipinski definition) is 6. The molecule has 0 atom stereocenters. The summed E-state index contributed by atoms with van der Waals surface area (Å²) in [6, 6.07) is 61.8. The molecule has 3 heterocycles. The van der Waals surface area contributed by atoms with Crippen LogP contribution in [0.5, 0.6) is 34.5 Å². The van der Waals surface area contributed by atoms with E-state index in [1.165, 1.54) is 0 Å². The van der Waals surface area contributed by atoms with Gasteiger partial charge in [0.15, 0.2) is 0 Å². The summed E-state index contributed by atoms with van der Waals surface area (Å²) in [6.07, 6.45) is 0. The summed E-state index contributed by atoms with van der Waals surface area (Å²) >= 11 is 0. The number of fused-ring (bicyclic) bond motifs is 6. The van der Waals surface area contributed by atoms with Gasteiger partial charge in [0, 0.05) is 66.8 Å². The minimum absolute atomic E-state index is 0.0659. The van der Waals surface area contributed by atoms with Gasteiger partial charge in [-0.05, 0) is 209 Å². The van der Waals surface area contributed by atoms with E-state index in [9.17, 15) is 0 Å². The van der Waals surface area contributed by atoms with E-state index in [4.69, 9.17) is 28.4 Å². The zero-order valence-corrected chi connectivity index (χ0v) is 42.9. The largest absolute Gasteiger partial charge is 0.457 e. The van der Waals surface area contributed by atoms with E-state index in [2.05, 4.69) is 180 Å². The van der Waals surface area contributed by atoms with Crippen molar-refractivity contribution in [1.29, 1.82) is 0 Å². The minimum atomic E-state index is 0.0659. The van der Waals surface area contributed by atoms with E-state index in [1.807, 2.05) is 72.8 Å². The third-order valence-corrected chi connectivity index (χ3v) is 15.4. The molecule has 0 saturated heterocycles. The molecular formula is C75H36O6. The van der Waals surface area contributed by atoms with Crippen LogP contribution in [0.2, 0.25) is 0 Å². The van der Waals surface area contributed by atoms with Crippen LogP contribution < -0.4 is 28.4 Å². The molecule has 81 heavy (non-hydrogen) atoms. The van der Waals surface area contributed by atoms with Crippen LogP contribution in [0.1, 0.15) is 33.4 Å². The molecular weight excluding hydrogens is 997 g/mol. The summed E-state index contributed by atoms with van der Waals surface area (Å²) < 4.78 is 37.8. The highest BCUT2D eigenvalue weighted by molar-refractivity contribution is 6.13. The fourth-order valence-electron chi connectivity index (χ4n) is 11.6. The lowest BCUT2D eigenvalue weighted by atomic mass is 9.91. The van der Waals surface area contributed by atoms with E-state index in [0.29, 0.717) is 34.5 Å². The van der Waals surface area contributed by atoms with E-state index in [0.717, 1.165) is 131 Å². The normalized spacial score (nSPS) is 12.9. The predicted octanol–water partition coefficient (Wildman–Crippen LogP) is 15.3. The van der Waals surface area contributed by atoms with Crippen LogP contribution in [0.3, 0.4) is 0 Å². The molecule has 0 spiro atoms. The van der Waals surface area contributed by atoms with Gasteiger partial charge in [0.25, 0.3) is 0 Å². The standard InChI is InChI=1S/C75H36O6/c1-2-8-47-14-20-53-26-32-65-71(59(53)38-47)73-61-40-49(16-22-55(61)28-34-67(73)79-44-77-65)10-5-6-12-51-18-24-57-30-36-69-75(63(57)42-51)74-62-41-50(17-23-56(62)29-35-68(74)80-45-81-69)11-4-3-9-48-15-21-54-27-33-66-72(60(54)39-48)70-58-37-46(7-1)13-19-52(58)25-31-64(70)76-43-78-66/h13-42H,43-45H2. The highest BCUT2D eigenvalue weighted by atomic mass is 16.7. The molecule has 6 nitrogen and oxygen atoms in total. The Kier molecular flexibility index (Phi) is 10.4. The molecule has 12 aromatic rings. The summed E-state index contributed by atoms with van der Waals surface area (Å²) in [4.78, 5) is 0. The van der Waals surface area contributed by atoms with Crippen molar-refractivity contribution in [2.45, 2.75) is 0 Å². The van der Waals surface area contributed by atoms with Gasteiger partial charge in [-0.2, -0.15) is 0 Å². The SMILES string of the molecule is C1#Cc2ccc3ccc4c(c3c2)-c2c(ccc3ccc(cc23)C#CC#Cc2ccc3ccc5c(c3c2)-c2c(ccc3ccc(cc23)C#CC#Cc2ccc3ccc6c(c3c2)-c2c(ccc3ccc(cc23)C#C1)OCO6)OCO5)OCO4. The van der Waals surface area contributed by atoms with Crippen molar-refractivity contribution in [1.82, 2.24) is 0 Å². The zero-order valence-electron chi connectivity index (χ0n) is 42.9. The molecule has 6 heteroatoms. The first-order valence-corrected chi connectivity index (χ1v) is 26.3. The number of hydrogen-bond donors (Lipinski definition) is 0. The van der Waals surface area contributed by atoms with Gasteiger partial charge in [-0.25, -0.2) is 0 Å². The smallest absolute Gasteiger partial charge is 0.230 e. The first-order chi connectivity index (χ1) is 40.1. The van der Waals surface area contributed by atoms with E-state index in [1.54, 1.807) is 0 Å². The highest BCUT2D eigenvalue weighted by Gasteiger charge is 2.26. The Labute approximate surface area is 465 Å². The maximum absolute atomic E-state index is 6.30. The molecule has 12 aromatic carbocycles. The molecule has 372 valence electrons. The molecule has 4 aliphatic rings. The Morgan fingerprint density at radius 2 is 0.358 bits per heavy atom. The molecule has 0 unspecified atom stereocenters. The van der Waals surface area contributed by atoms with E-state index < -0.39 is 0 Å². The number of rotatable bonds is 0. The molecule has 1 aliphatic carbocycles. The van der Waals surface area contributed by atoms with Gasteiger partial charge in [-0.3, -0.25) is 0 Å². The van der Waals surface area contributed by atoms with Crippen molar-refractivity contribution in [3.05, 3.63) is 215 Å². The molecule has 0 amide bonds. The maximum atomic E-state index is 6.30. The molecule has 16 rings (SSSR count). The Hall–Kier alpha value is -11.6. The van der Waals surface area contributed by atoms with Crippen LogP contribution in [-0.2, 0) is 0 Å². The Balaban J connectivity index is 0.895. The topological polar surface area (TPSA) is 55.4 Å². The molecule has 3 aliphatic heterocycles. The van der Waals surface area contributed by atoms with Crippen molar-refractivity contribution in [3.63, 3.8) is 0 Å². The molecule has 0 saturated carbocycles. The lowest BCUT2D eigenvalue weighted by Gasteiger charge is -2.14. The Morgan fingerprint density at radius 3 is 0.531 bits per heavy atom. The van der Waals surface area contributed by atoms with Gasteiger partial charge < -0.3 is 28.4 Å². The minimum Gasteiger partial charge on any atom is -0.457 e. The van der Waals surface area contributed by atoms with Crippen LogP contribution >= 0.6 is 0 Å². The van der Waals surface area contributed by atoms with Crippen LogP contribution in [0.25, 0.3) is 98.0 Å². The second-order valence-electron chi connectivity index (χ2n) is 20.0. The van der Waals surface area contributed by atoms with Crippen molar-refractivity contribution in [2.75, 3.05) is 20.4 Å². The molecule has 12 bridgehead atoms. The van der Waals surface area contributed by atoms with Gasteiger partial charge in [0.1, 0.15) is 34.5 Å². The van der Waals surface area contributed by atoms with Crippen molar-refractivity contribution in [3.8, 4) is 139 Å². The van der Waals surface area contributed by atoms with Gasteiger partial charge >= 0.3 is 0 Å². The zero-order chi connectivity index (χ0) is 53.4. The van der Waals surface area contributed by atoms with Gasteiger partial charge in [0.2, 0.25) is 20.4 Å². The second kappa shape index (κ2) is 18.5. The third kappa shape index (κ3) is 7.89. The summed E-state index contributed by atoms with van der Waals surface area (Å²) in [5.74, 6) is 43.2. The lowest BCUT2D eigenvalue weighted by Crippen LogP contribution is -2.03. The second-order valence-corrected chi connectivity index (χ2v) is 20.0. The fourth-order valence-corrected chi connectivity index (χ4v) is 11.6.